The molecule has 1 aliphatic heterocycles. The number of nitrogens with one attached hydrogen (secondary N) is 2. The smallest absolute Gasteiger partial charge is 0.407 e. The zero-order valence-electron chi connectivity index (χ0n) is 16.9. The summed E-state index contributed by atoms with van der Waals surface area (Å²) in [5.41, 5.74) is -0.481. The van der Waals surface area contributed by atoms with Crippen LogP contribution in [-0.4, -0.2) is 69.5 Å². The Morgan fingerprint density at radius 3 is 2.70 bits per heavy atom. The van der Waals surface area contributed by atoms with Crippen LogP contribution in [0.25, 0.3) is 0 Å². The van der Waals surface area contributed by atoms with Gasteiger partial charge in [-0.15, -0.1) is 10.2 Å². The summed E-state index contributed by atoms with van der Waals surface area (Å²) >= 11 is 0. The van der Waals surface area contributed by atoms with E-state index >= 15 is 0 Å². The summed E-state index contributed by atoms with van der Waals surface area (Å²) in [4.78, 5) is 18.9. The molecule has 0 bridgehead atoms. The molecular formula is C18H33N7O2. The molecule has 9 heteroatoms. The van der Waals surface area contributed by atoms with Crippen LogP contribution >= 0.6 is 0 Å². The molecule has 1 unspecified atom stereocenters. The van der Waals surface area contributed by atoms with E-state index in [1.807, 2.05) is 25.3 Å². The van der Waals surface area contributed by atoms with Gasteiger partial charge in [0.25, 0.3) is 0 Å². The van der Waals surface area contributed by atoms with Gasteiger partial charge in [-0.25, -0.2) is 4.79 Å². The van der Waals surface area contributed by atoms with Gasteiger partial charge in [-0.1, -0.05) is 0 Å². The van der Waals surface area contributed by atoms with Gasteiger partial charge in [0.15, 0.2) is 5.96 Å². The van der Waals surface area contributed by atoms with E-state index < -0.39 is 5.60 Å². The molecule has 0 aliphatic carbocycles. The molecule has 0 spiro atoms. The fourth-order valence-electron chi connectivity index (χ4n) is 2.90. The number of alkyl carbamates (subject to hydrolysis) is 1. The molecule has 1 fully saturated rings. The summed E-state index contributed by atoms with van der Waals surface area (Å²) in [5.74, 6) is 0.912. The monoisotopic (exact) mass is 379 g/mol. The fraction of sp³-hybridized carbons (Fsp3) is 0.778. The number of aryl methyl sites for hydroxylation is 1. The van der Waals surface area contributed by atoms with E-state index in [4.69, 9.17) is 9.73 Å². The number of unbranched alkanes of at least 4 members (excludes halogenated alkanes) is 1. The molecule has 1 aromatic heterocycles. The van der Waals surface area contributed by atoms with Crippen molar-refractivity contribution in [1.82, 2.24) is 30.3 Å². The number of guanidine groups is 1. The number of amides is 1. The summed E-state index contributed by atoms with van der Waals surface area (Å²) in [5, 5.41) is 13.9. The van der Waals surface area contributed by atoms with Crippen LogP contribution in [0.4, 0.5) is 4.79 Å². The van der Waals surface area contributed by atoms with Gasteiger partial charge in [0.2, 0.25) is 0 Å². The van der Waals surface area contributed by atoms with Crippen LogP contribution in [0.15, 0.2) is 17.6 Å². The zero-order chi connectivity index (χ0) is 19.7. The second-order valence-corrected chi connectivity index (χ2v) is 7.72. The van der Waals surface area contributed by atoms with Gasteiger partial charge in [0, 0.05) is 32.7 Å². The normalized spacial score (nSPS) is 17.9. The molecule has 2 N–H and O–H groups in total. The topological polar surface area (TPSA) is 96.7 Å². The third-order valence-electron chi connectivity index (χ3n) is 4.10. The Hall–Kier alpha value is -2.32. The summed E-state index contributed by atoms with van der Waals surface area (Å²) < 4.78 is 7.31. The summed E-state index contributed by atoms with van der Waals surface area (Å²) in [6, 6.07) is 0.0810. The van der Waals surface area contributed by atoms with Crippen LogP contribution in [0.1, 0.15) is 47.0 Å². The lowest BCUT2D eigenvalue weighted by atomic mass is 10.2. The minimum Gasteiger partial charge on any atom is -0.444 e. The maximum Gasteiger partial charge on any atom is 0.407 e. The Balaban J connectivity index is 1.75. The van der Waals surface area contributed by atoms with Crippen molar-refractivity contribution < 1.29 is 9.53 Å². The van der Waals surface area contributed by atoms with Crippen LogP contribution in [-0.2, 0) is 11.3 Å². The highest BCUT2D eigenvalue weighted by Crippen LogP contribution is 2.12. The molecule has 1 aromatic rings. The molecule has 0 radical (unpaired) electrons. The van der Waals surface area contributed by atoms with Gasteiger partial charge in [-0.05, 0) is 47.0 Å². The van der Waals surface area contributed by atoms with E-state index in [1.54, 1.807) is 12.7 Å². The number of nitrogens with zero attached hydrogens (tertiary/aromatic N) is 5. The first-order valence-electron chi connectivity index (χ1n) is 9.72. The number of hydrogen-bond donors (Lipinski definition) is 2. The molecule has 152 valence electrons. The van der Waals surface area contributed by atoms with Gasteiger partial charge in [0.1, 0.15) is 18.3 Å². The third-order valence-corrected chi connectivity index (χ3v) is 4.10. The Morgan fingerprint density at radius 2 is 2.04 bits per heavy atom. The number of likely N-dealkylation sites (tertiary alicyclic amines) is 1. The predicted molar refractivity (Wildman–Crippen MR) is 105 cm³/mol. The van der Waals surface area contributed by atoms with E-state index in [0.717, 1.165) is 57.9 Å². The molecule has 1 aliphatic rings. The number of hydrogen-bond acceptors (Lipinski definition) is 5. The van der Waals surface area contributed by atoms with Gasteiger partial charge < -0.3 is 24.8 Å². The molecular weight excluding hydrogens is 346 g/mol. The molecule has 0 saturated carbocycles. The van der Waals surface area contributed by atoms with Gasteiger partial charge >= 0.3 is 6.09 Å². The first-order chi connectivity index (χ1) is 12.9. The molecule has 1 saturated heterocycles. The number of aliphatic imine (C=N–C) groups is 1. The van der Waals surface area contributed by atoms with E-state index in [2.05, 4.69) is 32.7 Å². The van der Waals surface area contributed by atoms with E-state index in [9.17, 15) is 4.79 Å². The van der Waals surface area contributed by atoms with Crippen molar-refractivity contribution >= 4 is 12.1 Å². The second-order valence-electron chi connectivity index (χ2n) is 7.72. The number of rotatable bonds is 7. The molecule has 27 heavy (non-hydrogen) atoms. The summed E-state index contributed by atoms with van der Waals surface area (Å²) in [6.07, 6.45) is 6.03. The van der Waals surface area contributed by atoms with Crippen LogP contribution in [0.2, 0.25) is 0 Å². The SMILES string of the molecule is CCNC(=NCCCCn1cnnc1)N1CCC(NC(=O)OC(C)(C)C)C1. The minimum atomic E-state index is -0.481. The highest BCUT2D eigenvalue weighted by Gasteiger charge is 2.27. The van der Waals surface area contributed by atoms with Crippen molar-refractivity contribution in [3.8, 4) is 0 Å². The van der Waals surface area contributed by atoms with Crippen molar-refractivity contribution in [1.29, 1.82) is 0 Å². The number of ether oxygens (including phenoxy) is 1. The van der Waals surface area contributed by atoms with Crippen molar-refractivity contribution in [3.63, 3.8) is 0 Å². The summed E-state index contributed by atoms with van der Waals surface area (Å²) in [7, 11) is 0. The average molecular weight is 380 g/mol. The van der Waals surface area contributed by atoms with Gasteiger partial charge in [-0.2, -0.15) is 0 Å². The lowest BCUT2D eigenvalue weighted by molar-refractivity contribution is 0.0507. The first kappa shape index (κ1) is 21.0. The molecule has 1 atom stereocenters. The van der Waals surface area contributed by atoms with Crippen molar-refractivity contribution in [2.45, 2.75) is 65.1 Å². The minimum absolute atomic E-state index is 0.0810. The highest BCUT2D eigenvalue weighted by molar-refractivity contribution is 5.80. The largest absolute Gasteiger partial charge is 0.444 e. The molecule has 0 aromatic carbocycles. The standard InChI is InChI=1S/C18H33N7O2/c1-5-19-16(20-9-6-7-10-24-13-21-22-14-24)25-11-8-15(12-25)23-17(26)27-18(2,3)4/h13-15H,5-12H2,1-4H3,(H,19,20)(H,23,26). The summed E-state index contributed by atoms with van der Waals surface area (Å²) in [6.45, 7) is 11.8. The predicted octanol–water partition coefficient (Wildman–Crippen LogP) is 1.62. The van der Waals surface area contributed by atoms with Gasteiger partial charge in [0.05, 0.1) is 6.04 Å². The van der Waals surface area contributed by atoms with E-state index in [-0.39, 0.29) is 12.1 Å². The van der Waals surface area contributed by atoms with E-state index in [0.29, 0.717) is 0 Å². The highest BCUT2D eigenvalue weighted by atomic mass is 16.6. The number of carbonyl (C=O) groups excluding carboxylic acids is 1. The fourth-order valence-corrected chi connectivity index (χ4v) is 2.90. The van der Waals surface area contributed by atoms with Crippen LogP contribution in [0.5, 0.6) is 0 Å². The molecule has 1 amide bonds. The first-order valence-corrected chi connectivity index (χ1v) is 9.72. The Kier molecular flexibility index (Phi) is 7.87. The quantitative estimate of drug-likeness (QED) is 0.425. The Bertz CT molecular complexity index is 595. The lowest BCUT2D eigenvalue weighted by Gasteiger charge is -2.23. The number of carbonyl (C=O) groups is 1. The molecule has 9 nitrogen and oxygen atoms in total. The third kappa shape index (κ3) is 7.84. The van der Waals surface area contributed by atoms with Crippen molar-refractivity contribution in [3.05, 3.63) is 12.7 Å². The maximum absolute atomic E-state index is 11.9. The number of aromatic nitrogens is 3. The maximum atomic E-state index is 11.9. The molecule has 2 rings (SSSR count). The molecule has 2 heterocycles. The van der Waals surface area contributed by atoms with Gasteiger partial charge in [-0.3, -0.25) is 4.99 Å². The van der Waals surface area contributed by atoms with E-state index in [1.165, 1.54) is 0 Å². The van der Waals surface area contributed by atoms with Crippen LogP contribution in [0.3, 0.4) is 0 Å². The zero-order valence-corrected chi connectivity index (χ0v) is 16.9. The Morgan fingerprint density at radius 1 is 1.30 bits per heavy atom. The van der Waals surface area contributed by atoms with Crippen LogP contribution in [0, 0.1) is 0 Å². The van der Waals surface area contributed by atoms with Crippen molar-refractivity contribution in [2.75, 3.05) is 26.2 Å². The van der Waals surface area contributed by atoms with Crippen molar-refractivity contribution in [2.24, 2.45) is 4.99 Å². The lowest BCUT2D eigenvalue weighted by Crippen LogP contribution is -2.44. The van der Waals surface area contributed by atoms with Crippen LogP contribution < -0.4 is 10.6 Å². The average Bonchev–Trinajstić information content (AvgIpc) is 3.23. The second kappa shape index (κ2) is 10.1. The Labute approximate surface area is 161 Å².